The molecule has 1 fully saturated rings. The molecule has 2 aromatic rings. The maximum absolute atomic E-state index is 12.4. The molecule has 1 N–H and O–H groups in total. The van der Waals surface area contributed by atoms with Crippen LogP contribution in [-0.2, 0) is 16.8 Å². The lowest BCUT2D eigenvalue weighted by Gasteiger charge is -2.44. The van der Waals surface area contributed by atoms with Crippen LogP contribution in [0.5, 0.6) is 0 Å². The Morgan fingerprint density at radius 1 is 1.33 bits per heavy atom. The van der Waals surface area contributed by atoms with Crippen LogP contribution in [0.25, 0.3) is 0 Å². The number of H-pyrrole nitrogens is 1. The number of carbonyl (C=O) groups is 1. The molecule has 110 valence electrons. The van der Waals surface area contributed by atoms with Crippen molar-refractivity contribution in [3.63, 3.8) is 0 Å². The van der Waals surface area contributed by atoms with Gasteiger partial charge in [0.1, 0.15) is 0 Å². The van der Waals surface area contributed by atoms with Gasteiger partial charge in [-0.1, -0.05) is 0 Å². The molecule has 5 heteroatoms. The van der Waals surface area contributed by atoms with E-state index in [9.17, 15) is 4.79 Å². The molecule has 2 aromatic heterocycles. The summed E-state index contributed by atoms with van der Waals surface area (Å²) < 4.78 is 6.17. The highest BCUT2D eigenvalue weighted by Crippen LogP contribution is 2.43. The second kappa shape index (κ2) is 5.00. The Bertz CT molecular complexity index is 639. The van der Waals surface area contributed by atoms with Crippen molar-refractivity contribution in [1.29, 1.82) is 0 Å². The normalized spacial score (nSPS) is 20.5. The maximum Gasteiger partial charge on any atom is 0.255 e. The molecule has 0 aromatic carbocycles. The van der Waals surface area contributed by atoms with E-state index in [2.05, 4.69) is 16.4 Å². The first kappa shape index (κ1) is 13.1. The minimum absolute atomic E-state index is 0.118. The molecular weight excluding hydrogens is 284 g/mol. The van der Waals surface area contributed by atoms with Gasteiger partial charge in [0, 0.05) is 36.8 Å². The maximum atomic E-state index is 12.4. The Balaban J connectivity index is 1.52. The summed E-state index contributed by atoms with van der Waals surface area (Å²) in [5.74, 6) is 0.118. The lowest BCUT2D eigenvalue weighted by Crippen LogP contribution is -2.48. The van der Waals surface area contributed by atoms with Gasteiger partial charge in [0.05, 0.1) is 17.8 Å². The quantitative estimate of drug-likeness (QED) is 0.880. The number of rotatable bonds is 1. The van der Waals surface area contributed by atoms with Crippen molar-refractivity contribution in [2.45, 2.75) is 24.9 Å². The highest BCUT2D eigenvalue weighted by atomic mass is 32.1. The number of aromatic amines is 1. The van der Waals surface area contributed by atoms with Crippen molar-refractivity contribution in [2.24, 2.45) is 0 Å². The molecule has 1 spiro atoms. The molecule has 1 saturated heterocycles. The third-order valence-electron chi connectivity index (χ3n) is 4.65. The SMILES string of the molecule is O=C(c1cc[nH]c1)N1CCC2(CC1)OCCc1sccc12. The van der Waals surface area contributed by atoms with Crippen LogP contribution in [0.2, 0.25) is 0 Å². The summed E-state index contributed by atoms with van der Waals surface area (Å²) in [6.07, 6.45) is 6.38. The van der Waals surface area contributed by atoms with E-state index in [-0.39, 0.29) is 11.5 Å². The molecule has 0 radical (unpaired) electrons. The Hall–Kier alpha value is -1.59. The van der Waals surface area contributed by atoms with E-state index in [1.807, 2.05) is 22.3 Å². The fraction of sp³-hybridized carbons (Fsp3) is 0.438. The molecule has 2 aliphatic heterocycles. The van der Waals surface area contributed by atoms with Gasteiger partial charge in [0.15, 0.2) is 0 Å². The number of nitrogens with zero attached hydrogens (tertiary/aromatic N) is 1. The van der Waals surface area contributed by atoms with Crippen molar-refractivity contribution < 1.29 is 9.53 Å². The Morgan fingerprint density at radius 2 is 2.19 bits per heavy atom. The number of hydrogen-bond acceptors (Lipinski definition) is 3. The van der Waals surface area contributed by atoms with Crippen molar-refractivity contribution in [2.75, 3.05) is 19.7 Å². The standard InChI is InChI=1S/C16H18N2O2S/c19-15(12-1-6-17-11-12)18-7-4-16(5-8-18)13-3-10-21-14(13)2-9-20-16/h1,3,6,10-11,17H,2,4-5,7-9H2. The number of aromatic nitrogens is 1. The number of amides is 1. The number of ether oxygens (including phenoxy) is 1. The second-order valence-corrected chi connectivity index (χ2v) is 6.74. The van der Waals surface area contributed by atoms with Gasteiger partial charge in [-0.2, -0.15) is 0 Å². The fourth-order valence-electron chi connectivity index (χ4n) is 3.48. The van der Waals surface area contributed by atoms with Crippen LogP contribution in [0.15, 0.2) is 29.9 Å². The fourth-order valence-corrected chi connectivity index (χ4v) is 4.43. The first-order chi connectivity index (χ1) is 10.3. The van der Waals surface area contributed by atoms with E-state index >= 15 is 0 Å². The first-order valence-electron chi connectivity index (χ1n) is 7.41. The average molecular weight is 302 g/mol. The van der Waals surface area contributed by atoms with Crippen LogP contribution in [0.4, 0.5) is 0 Å². The van der Waals surface area contributed by atoms with Crippen molar-refractivity contribution in [3.8, 4) is 0 Å². The summed E-state index contributed by atoms with van der Waals surface area (Å²) in [4.78, 5) is 18.7. The minimum atomic E-state index is -0.150. The van der Waals surface area contributed by atoms with Crippen LogP contribution in [0.3, 0.4) is 0 Å². The van der Waals surface area contributed by atoms with Gasteiger partial charge >= 0.3 is 0 Å². The molecule has 4 rings (SSSR count). The Morgan fingerprint density at radius 3 is 2.95 bits per heavy atom. The molecule has 0 bridgehead atoms. The molecule has 0 unspecified atom stereocenters. The predicted molar refractivity (Wildman–Crippen MR) is 81.6 cm³/mol. The monoisotopic (exact) mass is 302 g/mol. The summed E-state index contributed by atoms with van der Waals surface area (Å²) in [6.45, 7) is 2.33. The summed E-state index contributed by atoms with van der Waals surface area (Å²) in [7, 11) is 0. The zero-order valence-electron chi connectivity index (χ0n) is 11.8. The molecule has 0 aliphatic carbocycles. The van der Waals surface area contributed by atoms with Gasteiger partial charge in [0.2, 0.25) is 0 Å². The third-order valence-corrected chi connectivity index (χ3v) is 5.63. The molecule has 4 heterocycles. The predicted octanol–water partition coefficient (Wildman–Crippen LogP) is 2.78. The van der Waals surface area contributed by atoms with Crippen molar-refractivity contribution in [1.82, 2.24) is 9.88 Å². The number of piperidine rings is 1. The lowest BCUT2D eigenvalue weighted by molar-refractivity contribution is -0.0926. The Labute approximate surface area is 127 Å². The number of thiophene rings is 1. The smallest absolute Gasteiger partial charge is 0.255 e. The average Bonchev–Trinajstić information content (AvgIpc) is 3.19. The van der Waals surface area contributed by atoms with E-state index in [0.29, 0.717) is 0 Å². The number of fused-ring (bicyclic) bond motifs is 2. The number of likely N-dealkylation sites (tertiary alicyclic amines) is 1. The van der Waals surface area contributed by atoms with Crippen LogP contribution >= 0.6 is 11.3 Å². The van der Waals surface area contributed by atoms with Gasteiger partial charge in [-0.15, -0.1) is 11.3 Å². The molecule has 1 amide bonds. The van der Waals surface area contributed by atoms with Crippen molar-refractivity contribution in [3.05, 3.63) is 45.9 Å². The van der Waals surface area contributed by atoms with E-state index in [1.165, 1.54) is 10.4 Å². The number of carbonyl (C=O) groups excluding carboxylic acids is 1. The van der Waals surface area contributed by atoms with Gasteiger partial charge in [0.25, 0.3) is 5.91 Å². The zero-order chi connectivity index (χ0) is 14.3. The number of nitrogens with one attached hydrogen (secondary N) is 1. The molecule has 4 nitrogen and oxygen atoms in total. The van der Waals surface area contributed by atoms with Crippen molar-refractivity contribution >= 4 is 17.2 Å². The van der Waals surface area contributed by atoms with E-state index in [1.54, 1.807) is 12.4 Å². The van der Waals surface area contributed by atoms with Crippen LogP contribution < -0.4 is 0 Å². The van der Waals surface area contributed by atoms with Gasteiger partial charge in [-0.05, 0) is 35.9 Å². The van der Waals surface area contributed by atoms with E-state index < -0.39 is 0 Å². The van der Waals surface area contributed by atoms with Gasteiger partial charge in [-0.3, -0.25) is 4.79 Å². The molecule has 2 aliphatic rings. The lowest BCUT2D eigenvalue weighted by atomic mass is 9.82. The Kier molecular flexibility index (Phi) is 3.12. The zero-order valence-corrected chi connectivity index (χ0v) is 12.6. The van der Waals surface area contributed by atoms with Gasteiger partial charge in [-0.25, -0.2) is 0 Å². The summed E-state index contributed by atoms with van der Waals surface area (Å²) in [5, 5.41) is 2.17. The largest absolute Gasteiger partial charge is 0.370 e. The third kappa shape index (κ3) is 2.12. The summed E-state index contributed by atoms with van der Waals surface area (Å²) in [5.41, 5.74) is 1.96. The van der Waals surface area contributed by atoms with Gasteiger partial charge < -0.3 is 14.6 Å². The summed E-state index contributed by atoms with van der Waals surface area (Å²) >= 11 is 1.83. The molecular formula is C16H18N2O2S. The minimum Gasteiger partial charge on any atom is -0.370 e. The highest BCUT2D eigenvalue weighted by molar-refractivity contribution is 7.10. The summed E-state index contributed by atoms with van der Waals surface area (Å²) in [6, 6.07) is 4.05. The second-order valence-electron chi connectivity index (χ2n) is 5.74. The first-order valence-corrected chi connectivity index (χ1v) is 8.29. The number of hydrogen-bond donors (Lipinski definition) is 1. The van der Waals surface area contributed by atoms with E-state index in [0.717, 1.165) is 44.5 Å². The molecule has 21 heavy (non-hydrogen) atoms. The van der Waals surface area contributed by atoms with Crippen LogP contribution in [0, 0.1) is 0 Å². The topological polar surface area (TPSA) is 45.3 Å². The van der Waals surface area contributed by atoms with Crippen LogP contribution in [0.1, 0.15) is 33.6 Å². The van der Waals surface area contributed by atoms with E-state index in [4.69, 9.17) is 4.74 Å². The highest BCUT2D eigenvalue weighted by Gasteiger charge is 2.42. The van der Waals surface area contributed by atoms with Crippen LogP contribution in [-0.4, -0.2) is 35.5 Å². The molecule has 0 atom stereocenters. The molecule has 0 saturated carbocycles.